The third-order valence-corrected chi connectivity index (χ3v) is 2.98. The Labute approximate surface area is 120 Å². The molecule has 1 aliphatic heterocycles. The van der Waals surface area contributed by atoms with Crippen LogP contribution in [0.4, 0.5) is 4.79 Å². The molecule has 1 saturated heterocycles. The first-order chi connectivity index (χ1) is 9.31. The van der Waals surface area contributed by atoms with E-state index in [2.05, 4.69) is 10.6 Å². The van der Waals surface area contributed by atoms with E-state index < -0.39 is 11.7 Å². The van der Waals surface area contributed by atoms with Crippen molar-refractivity contribution in [3.63, 3.8) is 0 Å². The smallest absolute Gasteiger partial charge is 0.407 e. The standard InChI is InChI=1S/C14H26N2O4/c1-5-19-12(17)9-11-10(7-6-8-15-11)16-13(18)20-14(2,3)4/h10-11,15H,5-9H2,1-4H3,(H,16,18)/t10-,11?/m1/s1. The van der Waals surface area contributed by atoms with Crippen molar-refractivity contribution in [3.8, 4) is 0 Å². The van der Waals surface area contributed by atoms with Crippen molar-refractivity contribution in [2.45, 2.75) is 64.6 Å². The molecule has 0 bridgehead atoms. The highest BCUT2D eigenvalue weighted by molar-refractivity contribution is 5.71. The van der Waals surface area contributed by atoms with Crippen molar-refractivity contribution < 1.29 is 19.1 Å². The number of esters is 1. The number of nitrogens with one attached hydrogen (secondary N) is 2. The maximum atomic E-state index is 11.8. The molecule has 1 amide bonds. The summed E-state index contributed by atoms with van der Waals surface area (Å²) in [6.45, 7) is 8.46. The van der Waals surface area contributed by atoms with E-state index in [1.54, 1.807) is 6.92 Å². The van der Waals surface area contributed by atoms with Crippen LogP contribution in [-0.2, 0) is 14.3 Å². The maximum Gasteiger partial charge on any atom is 0.407 e. The first kappa shape index (κ1) is 16.8. The fourth-order valence-electron chi connectivity index (χ4n) is 2.20. The van der Waals surface area contributed by atoms with Gasteiger partial charge >= 0.3 is 12.1 Å². The summed E-state index contributed by atoms with van der Waals surface area (Å²) < 4.78 is 10.2. The lowest BCUT2D eigenvalue weighted by atomic mass is 9.96. The Morgan fingerprint density at radius 3 is 2.65 bits per heavy atom. The fraction of sp³-hybridized carbons (Fsp3) is 0.857. The molecule has 1 aliphatic rings. The quantitative estimate of drug-likeness (QED) is 0.767. The predicted molar refractivity (Wildman–Crippen MR) is 75.4 cm³/mol. The SMILES string of the molecule is CCOC(=O)CC1NCCC[C@H]1NC(=O)OC(C)(C)C. The number of amides is 1. The van der Waals surface area contributed by atoms with E-state index in [9.17, 15) is 9.59 Å². The minimum absolute atomic E-state index is 0.102. The number of carbonyl (C=O) groups is 2. The molecular weight excluding hydrogens is 260 g/mol. The van der Waals surface area contributed by atoms with Crippen molar-refractivity contribution in [2.24, 2.45) is 0 Å². The van der Waals surface area contributed by atoms with Crippen LogP contribution in [0.2, 0.25) is 0 Å². The first-order valence-corrected chi connectivity index (χ1v) is 7.20. The van der Waals surface area contributed by atoms with Gasteiger partial charge in [-0.15, -0.1) is 0 Å². The van der Waals surface area contributed by atoms with Crippen LogP contribution in [0.5, 0.6) is 0 Å². The van der Waals surface area contributed by atoms with Gasteiger partial charge in [0.05, 0.1) is 13.0 Å². The molecule has 20 heavy (non-hydrogen) atoms. The number of piperidine rings is 1. The van der Waals surface area contributed by atoms with Crippen molar-refractivity contribution in [3.05, 3.63) is 0 Å². The Morgan fingerprint density at radius 1 is 1.35 bits per heavy atom. The average molecular weight is 286 g/mol. The Bertz CT molecular complexity index is 339. The van der Waals surface area contributed by atoms with Crippen LogP contribution >= 0.6 is 0 Å². The van der Waals surface area contributed by atoms with Crippen LogP contribution < -0.4 is 10.6 Å². The summed E-state index contributed by atoms with van der Waals surface area (Å²) in [5, 5.41) is 6.10. The summed E-state index contributed by atoms with van der Waals surface area (Å²) in [6, 6.07) is -0.210. The average Bonchev–Trinajstić information content (AvgIpc) is 2.29. The Hall–Kier alpha value is -1.30. The van der Waals surface area contributed by atoms with Gasteiger partial charge in [0.2, 0.25) is 0 Å². The zero-order valence-electron chi connectivity index (χ0n) is 12.8. The van der Waals surface area contributed by atoms with Gasteiger partial charge < -0.3 is 20.1 Å². The maximum absolute atomic E-state index is 11.8. The number of rotatable bonds is 4. The zero-order valence-corrected chi connectivity index (χ0v) is 12.8. The molecule has 6 heteroatoms. The van der Waals surface area contributed by atoms with Crippen molar-refractivity contribution in [1.82, 2.24) is 10.6 Å². The molecule has 1 rings (SSSR count). The molecule has 6 nitrogen and oxygen atoms in total. The number of alkyl carbamates (subject to hydrolysis) is 1. The molecule has 0 aromatic heterocycles. The molecule has 0 spiro atoms. The molecule has 1 unspecified atom stereocenters. The number of hydrogen-bond acceptors (Lipinski definition) is 5. The van der Waals surface area contributed by atoms with Crippen LogP contribution in [0.1, 0.15) is 47.0 Å². The van der Waals surface area contributed by atoms with Crippen LogP contribution in [0.25, 0.3) is 0 Å². The lowest BCUT2D eigenvalue weighted by molar-refractivity contribution is -0.144. The van der Waals surface area contributed by atoms with Crippen LogP contribution in [-0.4, -0.2) is 42.9 Å². The minimum atomic E-state index is -0.525. The molecule has 1 heterocycles. The van der Waals surface area contributed by atoms with Crippen molar-refractivity contribution in [2.75, 3.05) is 13.2 Å². The summed E-state index contributed by atoms with van der Waals surface area (Å²) >= 11 is 0. The first-order valence-electron chi connectivity index (χ1n) is 7.20. The lowest BCUT2D eigenvalue weighted by Crippen LogP contribution is -2.55. The Balaban J connectivity index is 2.51. The summed E-state index contributed by atoms with van der Waals surface area (Å²) in [4.78, 5) is 23.4. The van der Waals surface area contributed by atoms with E-state index in [1.165, 1.54) is 0 Å². The van der Waals surface area contributed by atoms with E-state index in [1.807, 2.05) is 20.8 Å². The van der Waals surface area contributed by atoms with Gasteiger partial charge in [-0.25, -0.2) is 4.79 Å². The fourth-order valence-corrected chi connectivity index (χ4v) is 2.20. The van der Waals surface area contributed by atoms with Crippen molar-refractivity contribution in [1.29, 1.82) is 0 Å². The molecule has 0 aliphatic carbocycles. The predicted octanol–water partition coefficient (Wildman–Crippen LogP) is 1.58. The lowest BCUT2D eigenvalue weighted by Gasteiger charge is -2.33. The number of hydrogen-bond donors (Lipinski definition) is 2. The van der Waals surface area contributed by atoms with E-state index in [-0.39, 0.29) is 24.5 Å². The molecule has 0 saturated carbocycles. The van der Waals surface area contributed by atoms with Crippen LogP contribution in [0.15, 0.2) is 0 Å². The third kappa shape index (κ3) is 6.23. The second-order valence-electron chi connectivity index (χ2n) is 5.96. The number of ether oxygens (including phenoxy) is 2. The minimum Gasteiger partial charge on any atom is -0.466 e. The topological polar surface area (TPSA) is 76.7 Å². The van der Waals surface area contributed by atoms with E-state index in [4.69, 9.17) is 9.47 Å². The summed E-state index contributed by atoms with van der Waals surface area (Å²) in [5.74, 6) is -0.247. The molecule has 0 radical (unpaired) electrons. The normalized spacial score (nSPS) is 23.0. The molecule has 2 atom stereocenters. The third-order valence-electron chi connectivity index (χ3n) is 2.98. The molecule has 1 fully saturated rings. The van der Waals surface area contributed by atoms with Gasteiger partial charge in [-0.2, -0.15) is 0 Å². The largest absolute Gasteiger partial charge is 0.466 e. The van der Waals surface area contributed by atoms with Gasteiger partial charge in [-0.05, 0) is 47.1 Å². The second kappa shape index (κ2) is 7.47. The summed E-state index contributed by atoms with van der Waals surface area (Å²) in [5.41, 5.74) is -0.525. The van der Waals surface area contributed by atoms with Crippen molar-refractivity contribution >= 4 is 12.1 Å². The van der Waals surface area contributed by atoms with Gasteiger partial charge in [0.1, 0.15) is 5.60 Å². The number of carbonyl (C=O) groups excluding carboxylic acids is 2. The van der Waals surface area contributed by atoms with E-state index in [0.29, 0.717) is 6.61 Å². The van der Waals surface area contributed by atoms with Gasteiger partial charge in [0.25, 0.3) is 0 Å². The van der Waals surface area contributed by atoms with Gasteiger partial charge in [0.15, 0.2) is 0 Å². The Morgan fingerprint density at radius 2 is 2.05 bits per heavy atom. The Kier molecular flexibility index (Phi) is 6.26. The van der Waals surface area contributed by atoms with E-state index >= 15 is 0 Å². The highest BCUT2D eigenvalue weighted by Crippen LogP contribution is 2.14. The van der Waals surface area contributed by atoms with Gasteiger partial charge in [0, 0.05) is 12.1 Å². The molecule has 116 valence electrons. The molecular formula is C14H26N2O4. The van der Waals surface area contributed by atoms with Crippen LogP contribution in [0.3, 0.4) is 0 Å². The monoisotopic (exact) mass is 286 g/mol. The summed E-state index contributed by atoms with van der Waals surface area (Å²) in [7, 11) is 0. The highest BCUT2D eigenvalue weighted by atomic mass is 16.6. The van der Waals surface area contributed by atoms with E-state index in [0.717, 1.165) is 19.4 Å². The molecule has 0 aromatic rings. The van der Waals surface area contributed by atoms with Gasteiger partial charge in [-0.1, -0.05) is 0 Å². The summed E-state index contributed by atoms with van der Waals surface area (Å²) in [6.07, 6.45) is 1.60. The van der Waals surface area contributed by atoms with Gasteiger partial charge in [-0.3, -0.25) is 4.79 Å². The second-order valence-corrected chi connectivity index (χ2v) is 5.96. The molecule has 0 aromatic carbocycles. The zero-order chi connectivity index (χ0) is 15.2. The molecule has 2 N–H and O–H groups in total. The highest BCUT2D eigenvalue weighted by Gasteiger charge is 2.29. The van der Waals surface area contributed by atoms with Crippen LogP contribution in [0, 0.1) is 0 Å².